The molecule has 1 aliphatic rings. The lowest BCUT2D eigenvalue weighted by molar-refractivity contribution is -0.0527. The van der Waals surface area contributed by atoms with E-state index in [1.54, 1.807) is 0 Å². The van der Waals surface area contributed by atoms with Gasteiger partial charge in [0.05, 0.1) is 29.1 Å². The van der Waals surface area contributed by atoms with E-state index in [0.29, 0.717) is 19.3 Å². The zero-order valence-corrected chi connectivity index (χ0v) is 14.8. The smallest absolute Gasteiger partial charge is 0.159 e. The lowest BCUT2D eigenvalue weighted by Crippen LogP contribution is -2.36. The van der Waals surface area contributed by atoms with Crippen molar-refractivity contribution in [3.8, 4) is 0 Å². The molecule has 2 rings (SSSR count). The second-order valence-corrected chi connectivity index (χ2v) is 6.24. The van der Waals surface area contributed by atoms with Gasteiger partial charge in [-0.2, -0.15) is 5.10 Å². The van der Waals surface area contributed by atoms with Crippen LogP contribution < -0.4 is 5.32 Å². The highest BCUT2D eigenvalue weighted by Crippen LogP contribution is 2.24. The van der Waals surface area contributed by atoms with Crippen molar-refractivity contribution in [2.24, 2.45) is 7.05 Å². The Morgan fingerprint density at radius 1 is 1.38 bits per heavy atom. The summed E-state index contributed by atoms with van der Waals surface area (Å²) in [4.78, 5) is 0. The Morgan fingerprint density at radius 2 is 2.10 bits per heavy atom. The van der Waals surface area contributed by atoms with Crippen LogP contribution in [0, 0.1) is 0 Å². The van der Waals surface area contributed by atoms with E-state index >= 15 is 0 Å². The fourth-order valence-corrected chi connectivity index (χ4v) is 3.42. The van der Waals surface area contributed by atoms with Gasteiger partial charge in [-0.3, -0.25) is 4.68 Å². The SMILES string of the molecule is CCCNC(Cc1c(Br)c(CC)nn1C)CC1OCCO1. The van der Waals surface area contributed by atoms with E-state index in [0.717, 1.165) is 42.4 Å². The van der Waals surface area contributed by atoms with Crippen LogP contribution >= 0.6 is 15.9 Å². The molecule has 2 heterocycles. The molecule has 0 spiro atoms. The van der Waals surface area contributed by atoms with Crippen LogP contribution in [0.15, 0.2) is 4.47 Å². The number of hydrogen-bond donors (Lipinski definition) is 1. The van der Waals surface area contributed by atoms with Gasteiger partial charge in [-0.15, -0.1) is 0 Å². The summed E-state index contributed by atoms with van der Waals surface area (Å²) in [6, 6.07) is 0.337. The number of ether oxygens (including phenoxy) is 2. The molecule has 1 N–H and O–H groups in total. The first-order valence-corrected chi connectivity index (χ1v) is 8.61. The largest absolute Gasteiger partial charge is 0.350 e. The molecule has 120 valence electrons. The maximum absolute atomic E-state index is 5.59. The molecule has 0 bridgehead atoms. The van der Waals surface area contributed by atoms with Crippen LogP contribution in [0.3, 0.4) is 0 Å². The zero-order valence-electron chi connectivity index (χ0n) is 13.2. The number of nitrogens with zero attached hydrogens (tertiary/aromatic N) is 2. The summed E-state index contributed by atoms with van der Waals surface area (Å²) in [5, 5.41) is 8.18. The summed E-state index contributed by atoms with van der Waals surface area (Å²) < 4.78 is 14.3. The van der Waals surface area contributed by atoms with Gasteiger partial charge >= 0.3 is 0 Å². The maximum Gasteiger partial charge on any atom is 0.159 e. The molecule has 0 radical (unpaired) electrons. The molecule has 0 amide bonds. The monoisotopic (exact) mass is 359 g/mol. The molecule has 6 heteroatoms. The second-order valence-electron chi connectivity index (χ2n) is 5.45. The molecule has 0 aromatic carbocycles. The van der Waals surface area contributed by atoms with Crippen molar-refractivity contribution >= 4 is 15.9 Å². The molecule has 1 aromatic heterocycles. The van der Waals surface area contributed by atoms with Crippen molar-refractivity contribution in [3.05, 3.63) is 15.9 Å². The lowest BCUT2D eigenvalue weighted by atomic mass is 10.1. The Morgan fingerprint density at radius 3 is 2.67 bits per heavy atom. The van der Waals surface area contributed by atoms with Gasteiger partial charge in [0.25, 0.3) is 0 Å². The highest BCUT2D eigenvalue weighted by molar-refractivity contribution is 9.10. The molecule has 1 aliphatic heterocycles. The van der Waals surface area contributed by atoms with Crippen molar-refractivity contribution in [2.45, 2.75) is 51.9 Å². The number of halogens is 1. The van der Waals surface area contributed by atoms with Crippen molar-refractivity contribution < 1.29 is 9.47 Å². The third-order valence-corrected chi connectivity index (χ3v) is 4.71. The third-order valence-electron chi connectivity index (χ3n) is 3.79. The summed E-state index contributed by atoms with van der Waals surface area (Å²) in [6.07, 6.45) is 3.79. The molecule has 0 saturated carbocycles. The number of aryl methyl sites for hydroxylation is 2. The van der Waals surface area contributed by atoms with Crippen molar-refractivity contribution in [1.29, 1.82) is 0 Å². The number of aromatic nitrogens is 2. The van der Waals surface area contributed by atoms with Crippen molar-refractivity contribution in [3.63, 3.8) is 0 Å². The highest BCUT2D eigenvalue weighted by Gasteiger charge is 2.23. The normalized spacial score (nSPS) is 17.5. The fraction of sp³-hybridized carbons (Fsp3) is 0.800. The average molecular weight is 360 g/mol. The first-order chi connectivity index (χ1) is 10.2. The van der Waals surface area contributed by atoms with Gasteiger partial charge in [-0.1, -0.05) is 13.8 Å². The standard InChI is InChI=1S/C15H26BrN3O2/c1-4-6-17-11(10-14-20-7-8-21-14)9-13-15(16)12(5-2)18-19(13)3/h11,14,17H,4-10H2,1-3H3. The first-order valence-electron chi connectivity index (χ1n) is 7.82. The van der Waals surface area contributed by atoms with E-state index in [-0.39, 0.29) is 6.29 Å². The topological polar surface area (TPSA) is 48.3 Å². The lowest BCUT2D eigenvalue weighted by Gasteiger charge is -2.21. The first kappa shape index (κ1) is 16.9. The van der Waals surface area contributed by atoms with E-state index in [1.165, 1.54) is 5.69 Å². The third kappa shape index (κ3) is 4.52. The molecule has 1 unspecified atom stereocenters. The van der Waals surface area contributed by atoms with E-state index in [2.05, 4.69) is 40.2 Å². The Hall–Kier alpha value is -0.430. The Balaban J connectivity index is 2.04. The zero-order chi connectivity index (χ0) is 15.2. The number of rotatable bonds is 8. The van der Waals surface area contributed by atoms with E-state index in [4.69, 9.17) is 9.47 Å². The summed E-state index contributed by atoms with van der Waals surface area (Å²) in [6.45, 7) is 6.74. The number of nitrogens with one attached hydrogen (secondary N) is 1. The summed E-state index contributed by atoms with van der Waals surface area (Å²) >= 11 is 3.70. The van der Waals surface area contributed by atoms with Crippen LogP contribution in [0.1, 0.15) is 38.1 Å². The summed E-state index contributed by atoms with van der Waals surface area (Å²) in [7, 11) is 2.01. The minimum atomic E-state index is -0.0722. The van der Waals surface area contributed by atoms with Crippen LogP contribution in [0.2, 0.25) is 0 Å². The Kier molecular flexibility index (Phi) is 6.67. The quantitative estimate of drug-likeness (QED) is 0.774. The van der Waals surface area contributed by atoms with E-state index < -0.39 is 0 Å². The predicted molar refractivity (Wildman–Crippen MR) is 86.4 cm³/mol. The molecule has 5 nitrogen and oxygen atoms in total. The van der Waals surface area contributed by atoms with Gasteiger partial charge in [-0.05, 0) is 35.3 Å². The molecule has 0 aliphatic carbocycles. The van der Waals surface area contributed by atoms with Gasteiger partial charge < -0.3 is 14.8 Å². The Labute approximate surface area is 135 Å². The van der Waals surface area contributed by atoms with Crippen molar-refractivity contribution in [1.82, 2.24) is 15.1 Å². The van der Waals surface area contributed by atoms with Crippen molar-refractivity contribution in [2.75, 3.05) is 19.8 Å². The minimum Gasteiger partial charge on any atom is -0.350 e. The molecule has 1 saturated heterocycles. The van der Waals surface area contributed by atoms with Crippen LogP contribution in [0.25, 0.3) is 0 Å². The van der Waals surface area contributed by atoms with E-state index in [1.807, 2.05) is 11.7 Å². The van der Waals surface area contributed by atoms with E-state index in [9.17, 15) is 0 Å². The van der Waals surface area contributed by atoms with Gasteiger partial charge in [0.2, 0.25) is 0 Å². The molecule has 1 fully saturated rings. The summed E-state index contributed by atoms with van der Waals surface area (Å²) in [5.74, 6) is 0. The Bertz CT molecular complexity index is 444. The van der Waals surface area contributed by atoms with Crippen LogP contribution in [0.4, 0.5) is 0 Å². The molecule has 1 aromatic rings. The van der Waals surface area contributed by atoms with Gasteiger partial charge in [0.15, 0.2) is 6.29 Å². The molecule has 21 heavy (non-hydrogen) atoms. The minimum absolute atomic E-state index is 0.0722. The summed E-state index contributed by atoms with van der Waals surface area (Å²) in [5.41, 5.74) is 2.36. The fourth-order valence-electron chi connectivity index (χ4n) is 2.64. The van der Waals surface area contributed by atoms with Crippen LogP contribution in [-0.4, -0.2) is 41.9 Å². The highest BCUT2D eigenvalue weighted by atomic mass is 79.9. The van der Waals surface area contributed by atoms with Gasteiger partial charge in [0, 0.05) is 25.9 Å². The predicted octanol–water partition coefficient (Wildman–Crippen LogP) is 2.42. The molecular formula is C15H26BrN3O2. The number of hydrogen-bond acceptors (Lipinski definition) is 4. The molecular weight excluding hydrogens is 334 g/mol. The maximum atomic E-state index is 5.59. The van der Waals surface area contributed by atoms with Gasteiger partial charge in [0.1, 0.15) is 0 Å². The van der Waals surface area contributed by atoms with Crippen LogP contribution in [0.5, 0.6) is 0 Å². The molecule has 1 atom stereocenters. The average Bonchev–Trinajstić information content (AvgIpc) is 3.07. The van der Waals surface area contributed by atoms with Crippen LogP contribution in [-0.2, 0) is 29.4 Å². The second kappa shape index (κ2) is 8.27. The van der Waals surface area contributed by atoms with Gasteiger partial charge in [-0.25, -0.2) is 0 Å².